The van der Waals surface area contributed by atoms with Crippen molar-refractivity contribution in [2.45, 2.75) is 0 Å². The molecule has 0 aromatic carbocycles. The first-order valence-electron chi connectivity index (χ1n) is 1.73. The maximum atomic E-state index is 4.70. The van der Waals surface area contributed by atoms with Crippen LogP contribution in [0.25, 0.3) is 0 Å². The van der Waals surface area contributed by atoms with Crippen LogP contribution in [0.4, 0.5) is 0 Å². The standard InChI is InChI=1S/C3H4N2OS/c1-6-3-5-4-2-7-3/h2H,1H3. The van der Waals surface area contributed by atoms with Crippen LogP contribution in [-0.4, -0.2) is 17.3 Å². The molecule has 1 heterocycles. The Bertz CT molecular complexity index is 127. The lowest BCUT2D eigenvalue weighted by molar-refractivity contribution is 0.407. The first kappa shape index (κ1) is 4.52. The van der Waals surface area contributed by atoms with Gasteiger partial charge < -0.3 is 4.74 Å². The van der Waals surface area contributed by atoms with Crippen LogP contribution in [0.3, 0.4) is 0 Å². The number of nitrogens with zero attached hydrogens (tertiary/aromatic N) is 2. The molecular formula is C3H4N2OS. The summed E-state index contributed by atoms with van der Waals surface area (Å²) in [6.45, 7) is 0. The third-order valence-corrected chi connectivity index (χ3v) is 1.16. The van der Waals surface area contributed by atoms with Crippen molar-refractivity contribution in [1.29, 1.82) is 0 Å². The van der Waals surface area contributed by atoms with E-state index in [1.165, 1.54) is 11.3 Å². The molecule has 38 valence electrons. The van der Waals surface area contributed by atoms with Crippen LogP contribution in [0.2, 0.25) is 0 Å². The van der Waals surface area contributed by atoms with Crippen molar-refractivity contribution in [3.63, 3.8) is 0 Å². The Balaban J connectivity index is 2.76. The number of hydrogen-bond acceptors (Lipinski definition) is 4. The number of rotatable bonds is 1. The Labute approximate surface area is 45.0 Å². The van der Waals surface area contributed by atoms with E-state index in [4.69, 9.17) is 4.74 Å². The highest BCUT2D eigenvalue weighted by molar-refractivity contribution is 7.11. The van der Waals surface area contributed by atoms with Crippen LogP contribution in [0.15, 0.2) is 5.51 Å². The molecule has 0 amide bonds. The average Bonchev–Trinajstić information content (AvgIpc) is 2.14. The lowest BCUT2D eigenvalue weighted by Gasteiger charge is -1.82. The second-order valence-corrected chi connectivity index (χ2v) is 1.70. The van der Waals surface area contributed by atoms with Crippen molar-refractivity contribution in [2.75, 3.05) is 7.11 Å². The van der Waals surface area contributed by atoms with E-state index in [-0.39, 0.29) is 0 Å². The number of ether oxygens (including phenoxy) is 1. The lowest BCUT2D eigenvalue weighted by atomic mass is 11.4. The Kier molecular flexibility index (Phi) is 1.21. The molecule has 4 heteroatoms. The predicted octanol–water partition coefficient (Wildman–Crippen LogP) is 0.547. The first-order valence-corrected chi connectivity index (χ1v) is 2.61. The summed E-state index contributed by atoms with van der Waals surface area (Å²) >= 11 is 1.38. The van der Waals surface area contributed by atoms with Crippen LogP contribution in [0.1, 0.15) is 0 Å². The summed E-state index contributed by atoms with van der Waals surface area (Å²) in [5, 5.41) is 7.73. The fraction of sp³-hybridized carbons (Fsp3) is 0.333. The summed E-state index contributed by atoms with van der Waals surface area (Å²) in [7, 11) is 1.57. The van der Waals surface area contributed by atoms with Gasteiger partial charge in [0.1, 0.15) is 5.51 Å². The van der Waals surface area contributed by atoms with Gasteiger partial charge in [-0.25, -0.2) is 0 Å². The normalized spacial score (nSPS) is 8.71. The van der Waals surface area contributed by atoms with Gasteiger partial charge in [-0.15, -0.1) is 10.2 Å². The molecule has 1 aromatic rings. The number of aromatic nitrogens is 2. The highest BCUT2D eigenvalue weighted by atomic mass is 32.1. The molecule has 3 nitrogen and oxygen atoms in total. The zero-order valence-electron chi connectivity index (χ0n) is 3.79. The summed E-state index contributed by atoms with van der Waals surface area (Å²) in [4.78, 5) is 0. The molecular weight excluding hydrogens is 112 g/mol. The third-order valence-electron chi connectivity index (χ3n) is 0.515. The van der Waals surface area contributed by atoms with Crippen molar-refractivity contribution < 1.29 is 4.74 Å². The van der Waals surface area contributed by atoms with E-state index in [0.29, 0.717) is 5.19 Å². The molecule has 0 aliphatic rings. The van der Waals surface area contributed by atoms with Gasteiger partial charge >= 0.3 is 0 Å². The molecule has 0 unspecified atom stereocenters. The van der Waals surface area contributed by atoms with Crippen molar-refractivity contribution in [1.82, 2.24) is 10.2 Å². The summed E-state index contributed by atoms with van der Waals surface area (Å²) < 4.78 is 4.70. The SMILES string of the molecule is COc1nncs1. The van der Waals surface area contributed by atoms with Gasteiger partial charge in [0.2, 0.25) is 0 Å². The van der Waals surface area contributed by atoms with Crippen LogP contribution in [0.5, 0.6) is 5.19 Å². The van der Waals surface area contributed by atoms with Crippen LogP contribution in [0, 0.1) is 0 Å². The first-order chi connectivity index (χ1) is 3.43. The molecule has 0 radical (unpaired) electrons. The van der Waals surface area contributed by atoms with Gasteiger partial charge in [-0.3, -0.25) is 0 Å². The molecule has 0 aliphatic heterocycles. The van der Waals surface area contributed by atoms with Gasteiger partial charge in [-0.05, 0) is 0 Å². The summed E-state index contributed by atoms with van der Waals surface area (Å²) in [6.07, 6.45) is 0. The molecule has 0 atom stereocenters. The Morgan fingerprint density at radius 3 is 3.00 bits per heavy atom. The zero-order valence-corrected chi connectivity index (χ0v) is 4.60. The lowest BCUT2D eigenvalue weighted by Crippen LogP contribution is -1.78. The molecule has 0 saturated heterocycles. The highest BCUT2D eigenvalue weighted by Gasteiger charge is 1.87. The minimum Gasteiger partial charge on any atom is -0.472 e. The van der Waals surface area contributed by atoms with Crippen LogP contribution < -0.4 is 4.74 Å². The molecule has 1 aromatic heterocycles. The van der Waals surface area contributed by atoms with Crippen molar-refractivity contribution in [3.8, 4) is 5.19 Å². The van der Waals surface area contributed by atoms with E-state index in [9.17, 15) is 0 Å². The fourth-order valence-electron chi connectivity index (χ4n) is 0.252. The minimum absolute atomic E-state index is 0.611. The second kappa shape index (κ2) is 1.88. The largest absolute Gasteiger partial charge is 0.472 e. The summed E-state index contributed by atoms with van der Waals surface area (Å²) in [5.74, 6) is 0. The van der Waals surface area contributed by atoms with Crippen LogP contribution in [-0.2, 0) is 0 Å². The third kappa shape index (κ3) is 0.866. The van der Waals surface area contributed by atoms with E-state index >= 15 is 0 Å². The van der Waals surface area contributed by atoms with Gasteiger partial charge in [0, 0.05) is 0 Å². The molecule has 0 bridgehead atoms. The van der Waals surface area contributed by atoms with E-state index < -0.39 is 0 Å². The second-order valence-electron chi connectivity index (χ2n) is 0.909. The van der Waals surface area contributed by atoms with Gasteiger partial charge in [0.15, 0.2) is 0 Å². The molecule has 0 N–H and O–H groups in total. The maximum Gasteiger partial charge on any atom is 0.293 e. The van der Waals surface area contributed by atoms with Crippen LogP contribution >= 0.6 is 11.3 Å². The predicted molar refractivity (Wildman–Crippen MR) is 26.5 cm³/mol. The van der Waals surface area contributed by atoms with Gasteiger partial charge in [-0.2, -0.15) is 0 Å². The van der Waals surface area contributed by atoms with E-state index in [2.05, 4.69) is 10.2 Å². The Hall–Kier alpha value is -0.640. The van der Waals surface area contributed by atoms with Gasteiger partial charge in [-0.1, -0.05) is 11.3 Å². The molecule has 0 spiro atoms. The fourth-order valence-corrected chi connectivity index (χ4v) is 0.627. The van der Waals surface area contributed by atoms with E-state index in [1.54, 1.807) is 12.6 Å². The Morgan fingerprint density at radius 2 is 2.71 bits per heavy atom. The molecule has 0 aliphatic carbocycles. The monoisotopic (exact) mass is 116 g/mol. The van der Waals surface area contributed by atoms with Crippen molar-refractivity contribution >= 4 is 11.3 Å². The quantitative estimate of drug-likeness (QED) is 0.537. The molecule has 0 fully saturated rings. The molecule has 1 rings (SSSR count). The summed E-state index contributed by atoms with van der Waals surface area (Å²) in [6, 6.07) is 0. The smallest absolute Gasteiger partial charge is 0.293 e. The zero-order chi connectivity index (χ0) is 5.11. The molecule has 7 heavy (non-hydrogen) atoms. The van der Waals surface area contributed by atoms with E-state index in [0.717, 1.165) is 0 Å². The van der Waals surface area contributed by atoms with Crippen molar-refractivity contribution in [3.05, 3.63) is 5.51 Å². The van der Waals surface area contributed by atoms with Crippen molar-refractivity contribution in [2.24, 2.45) is 0 Å². The summed E-state index contributed by atoms with van der Waals surface area (Å²) in [5.41, 5.74) is 1.62. The maximum absolute atomic E-state index is 4.70. The number of methoxy groups -OCH3 is 1. The van der Waals surface area contributed by atoms with Gasteiger partial charge in [0.05, 0.1) is 7.11 Å². The Morgan fingerprint density at radius 1 is 1.86 bits per heavy atom. The number of hydrogen-bond donors (Lipinski definition) is 0. The van der Waals surface area contributed by atoms with Gasteiger partial charge in [0.25, 0.3) is 5.19 Å². The minimum atomic E-state index is 0.611. The van der Waals surface area contributed by atoms with E-state index in [1.807, 2.05) is 0 Å². The highest BCUT2D eigenvalue weighted by Crippen LogP contribution is 2.08. The average molecular weight is 116 g/mol. The topological polar surface area (TPSA) is 35.0 Å². The molecule has 0 saturated carbocycles.